The molecule has 1 unspecified atom stereocenters. The van der Waals surface area contributed by atoms with Gasteiger partial charge in [0.05, 0.1) is 24.8 Å². The number of pyridine rings is 1. The van der Waals surface area contributed by atoms with Crippen LogP contribution >= 0.6 is 11.6 Å². The first kappa shape index (κ1) is 20.4. The van der Waals surface area contributed by atoms with E-state index in [1.165, 1.54) is 6.07 Å². The number of fused-ring (bicyclic) bond motifs is 1. The monoisotopic (exact) mass is 404 g/mol. The van der Waals surface area contributed by atoms with Gasteiger partial charge in [0, 0.05) is 14.2 Å². The average molecular weight is 405 g/mol. The quantitative estimate of drug-likeness (QED) is 0.534. The molecule has 146 valence electrons. The van der Waals surface area contributed by atoms with E-state index < -0.39 is 7.12 Å². The van der Waals surface area contributed by atoms with Crippen LogP contribution in [-0.4, -0.2) is 50.7 Å². The average Bonchev–Trinajstić information content (AvgIpc) is 3.07. The smallest absolute Gasteiger partial charge is 0.483 e. The molecule has 0 amide bonds. The third-order valence-corrected chi connectivity index (χ3v) is 4.36. The standard InChI is InChI=1S/C18H18BClN2O6/c1-21-16-7-15(20)17(22-18(16)26-10-13(25-3)9-24-2)28-12-4-5-14-11(6-12)8-27-19(14)23/h4-7,13,23H,8-10H2,2-3H3. The maximum Gasteiger partial charge on any atom is 0.491 e. The van der Waals surface area contributed by atoms with Crippen LogP contribution in [-0.2, 0) is 20.7 Å². The number of methoxy groups -OCH3 is 2. The van der Waals surface area contributed by atoms with Gasteiger partial charge in [0.2, 0.25) is 17.4 Å². The van der Waals surface area contributed by atoms with Crippen LogP contribution in [0.3, 0.4) is 0 Å². The zero-order valence-corrected chi connectivity index (χ0v) is 16.1. The van der Waals surface area contributed by atoms with Gasteiger partial charge in [-0.2, -0.15) is 4.98 Å². The van der Waals surface area contributed by atoms with E-state index in [1.807, 2.05) is 0 Å². The van der Waals surface area contributed by atoms with E-state index in [1.54, 1.807) is 32.4 Å². The Balaban J connectivity index is 1.80. The van der Waals surface area contributed by atoms with E-state index in [2.05, 4.69) is 9.83 Å². The molecule has 0 radical (unpaired) electrons. The molecule has 1 aromatic heterocycles. The van der Waals surface area contributed by atoms with Gasteiger partial charge in [-0.3, -0.25) is 0 Å². The van der Waals surface area contributed by atoms with Gasteiger partial charge in [-0.25, -0.2) is 4.85 Å². The van der Waals surface area contributed by atoms with Crippen LogP contribution < -0.4 is 14.9 Å². The van der Waals surface area contributed by atoms with Crippen molar-refractivity contribution < 1.29 is 28.6 Å². The highest BCUT2D eigenvalue weighted by Crippen LogP contribution is 2.36. The summed E-state index contributed by atoms with van der Waals surface area (Å²) >= 11 is 6.21. The Morgan fingerprint density at radius 1 is 1.32 bits per heavy atom. The molecular formula is C18H18BClN2O6. The minimum absolute atomic E-state index is 0.0902. The van der Waals surface area contributed by atoms with Crippen molar-refractivity contribution >= 4 is 29.9 Å². The lowest BCUT2D eigenvalue weighted by molar-refractivity contribution is 0.0000830. The zero-order chi connectivity index (χ0) is 20.1. The van der Waals surface area contributed by atoms with Crippen molar-refractivity contribution in [3.8, 4) is 17.5 Å². The summed E-state index contributed by atoms with van der Waals surface area (Å²) < 4.78 is 26.9. The molecule has 28 heavy (non-hydrogen) atoms. The van der Waals surface area contributed by atoms with Crippen LogP contribution in [0.25, 0.3) is 4.85 Å². The first-order valence-electron chi connectivity index (χ1n) is 8.38. The summed E-state index contributed by atoms with van der Waals surface area (Å²) in [6, 6.07) is 6.57. The molecular weight excluding hydrogens is 386 g/mol. The Labute approximate surface area is 167 Å². The number of aromatic nitrogens is 1. The molecule has 0 spiro atoms. The molecule has 8 nitrogen and oxygen atoms in total. The fourth-order valence-corrected chi connectivity index (χ4v) is 2.81. The maximum atomic E-state index is 9.70. The Hall–Kier alpha value is -2.35. The Bertz CT molecular complexity index is 891. The maximum absolute atomic E-state index is 9.70. The molecule has 0 aliphatic carbocycles. The van der Waals surface area contributed by atoms with Crippen molar-refractivity contribution in [1.29, 1.82) is 0 Å². The van der Waals surface area contributed by atoms with E-state index in [0.717, 1.165) is 5.56 Å². The fraction of sp³-hybridized carbons (Fsp3) is 0.333. The molecule has 1 aliphatic heterocycles. The fourth-order valence-electron chi connectivity index (χ4n) is 2.63. The predicted octanol–water partition coefficient (Wildman–Crippen LogP) is 2.34. The van der Waals surface area contributed by atoms with E-state index >= 15 is 0 Å². The van der Waals surface area contributed by atoms with Gasteiger partial charge in [-0.05, 0) is 29.2 Å². The van der Waals surface area contributed by atoms with Crippen molar-refractivity contribution in [2.45, 2.75) is 12.7 Å². The summed E-state index contributed by atoms with van der Waals surface area (Å²) in [4.78, 5) is 7.64. The molecule has 10 heteroatoms. The van der Waals surface area contributed by atoms with Crippen LogP contribution in [0, 0.1) is 6.57 Å². The molecule has 1 aliphatic rings. The second-order valence-electron chi connectivity index (χ2n) is 5.96. The summed E-state index contributed by atoms with van der Waals surface area (Å²) in [5, 5.41) is 9.88. The SMILES string of the molecule is [C-]#[N+]c1cc(Cl)c(Oc2ccc3c(c2)COB3O)nc1OCC(COC)OC. The molecule has 0 fully saturated rings. The summed E-state index contributed by atoms with van der Waals surface area (Å²) in [6.45, 7) is 8.07. The molecule has 0 bridgehead atoms. The highest BCUT2D eigenvalue weighted by Gasteiger charge is 2.27. The number of halogens is 1. The summed E-state index contributed by atoms with van der Waals surface area (Å²) in [6.07, 6.45) is -0.312. The van der Waals surface area contributed by atoms with Crippen molar-refractivity contribution in [2.24, 2.45) is 0 Å². The number of nitrogens with zero attached hydrogens (tertiary/aromatic N) is 2. The minimum Gasteiger partial charge on any atom is -0.483 e. The molecule has 1 atom stereocenters. The molecule has 0 saturated carbocycles. The van der Waals surface area contributed by atoms with Gasteiger partial charge in [-0.1, -0.05) is 17.7 Å². The lowest BCUT2D eigenvalue weighted by Crippen LogP contribution is -2.27. The van der Waals surface area contributed by atoms with Crippen LogP contribution in [0.15, 0.2) is 24.3 Å². The molecule has 1 aromatic carbocycles. The predicted molar refractivity (Wildman–Crippen MR) is 103 cm³/mol. The van der Waals surface area contributed by atoms with Crippen molar-refractivity contribution in [2.75, 3.05) is 27.4 Å². The molecule has 3 rings (SSSR count). The lowest BCUT2D eigenvalue weighted by Gasteiger charge is -2.16. The molecule has 1 N–H and O–H groups in total. The highest BCUT2D eigenvalue weighted by molar-refractivity contribution is 6.61. The van der Waals surface area contributed by atoms with Gasteiger partial charge in [0.25, 0.3) is 0 Å². The molecule has 0 saturated heterocycles. The topological polar surface area (TPSA) is 83.6 Å². The number of hydrogen-bond donors (Lipinski definition) is 1. The van der Waals surface area contributed by atoms with E-state index in [4.69, 9.17) is 41.8 Å². The second-order valence-corrected chi connectivity index (χ2v) is 6.37. The first-order chi connectivity index (χ1) is 13.5. The Morgan fingerprint density at radius 2 is 2.14 bits per heavy atom. The Morgan fingerprint density at radius 3 is 2.86 bits per heavy atom. The van der Waals surface area contributed by atoms with Crippen LogP contribution in [0.2, 0.25) is 5.02 Å². The number of ether oxygens (including phenoxy) is 4. The van der Waals surface area contributed by atoms with Gasteiger partial charge in [-0.15, -0.1) is 0 Å². The highest BCUT2D eigenvalue weighted by atomic mass is 35.5. The van der Waals surface area contributed by atoms with Crippen molar-refractivity contribution in [1.82, 2.24) is 4.98 Å². The third-order valence-electron chi connectivity index (χ3n) is 4.09. The third kappa shape index (κ3) is 4.55. The molecule has 2 aromatic rings. The van der Waals surface area contributed by atoms with Crippen LogP contribution in [0.1, 0.15) is 5.56 Å². The number of rotatable bonds is 8. The van der Waals surface area contributed by atoms with Crippen molar-refractivity contribution in [3.05, 3.63) is 46.3 Å². The largest absolute Gasteiger partial charge is 0.491 e. The van der Waals surface area contributed by atoms with E-state index in [9.17, 15) is 5.02 Å². The minimum atomic E-state index is -0.926. The molecule has 2 heterocycles. The van der Waals surface area contributed by atoms with Gasteiger partial charge < -0.3 is 28.6 Å². The lowest BCUT2D eigenvalue weighted by atomic mass is 9.80. The summed E-state index contributed by atoms with van der Waals surface area (Å²) in [5.41, 5.74) is 1.68. The normalized spacial score (nSPS) is 13.8. The van der Waals surface area contributed by atoms with Crippen LogP contribution in [0.5, 0.6) is 17.5 Å². The Kier molecular flexibility index (Phi) is 6.72. The number of benzene rings is 1. The van der Waals surface area contributed by atoms with Gasteiger partial charge in [0.1, 0.15) is 18.5 Å². The zero-order valence-electron chi connectivity index (χ0n) is 15.3. The van der Waals surface area contributed by atoms with Gasteiger partial charge >= 0.3 is 7.12 Å². The van der Waals surface area contributed by atoms with E-state index in [-0.39, 0.29) is 41.8 Å². The number of hydrogen-bond acceptors (Lipinski definition) is 7. The summed E-state index contributed by atoms with van der Waals surface area (Å²) in [7, 11) is 2.18. The van der Waals surface area contributed by atoms with Crippen molar-refractivity contribution in [3.63, 3.8) is 0 Å². The summed E-state index contributed by atoms with van der Waals surface area (Å²) in [5.74, 6) is 0.665. The van der Waals surface area contributed by atoms with Gasteiger partial charge in [0.15, 0.2) is 0 Å². The second kappa shape index (κ2) is 9.23. The van der Waals surface area contributed by atoms with E-state index in [0.29, 0.717) is 17.8 Å². The van der Waals surface area contributed by atoms with Crippen LogP contribution in [0.4, 0.5) is 5.69 Å². The first-order valence-corrected chi connectivity index (χ1v) is 8.76.